The summed E-state index contributed by atoms with van der Waals surface area (Å²) < 4.78 is 0. The van der Waals surface area contributed by atoms with Crippen molar-refractivity contribution in [2.75, 3.05) is 18.8 Å². The number of amides is 1. The fraction of sp³-hybridized carbons (Fsp3) is 0.917. The minimum Gasteiger partial charge on any atom is -0.353 e. The van der Waals surface area contributed by atoms with Gasteiger partial charge in [-0.25, -0.2) is 0 Å². The quantitative estimate of drug-likeness (QED) is 0.717. The number of hydrogen-bond acceptors (Lipinski definition) is 3. The zero-order valence-corrected chi connectivity index (χ0v) is 11.2. The minimum absolute atomic E-state index is 0.129. The van der Waals surface area contributed by atoms with Crippen LogP contribution in [0.5, 0.6) is 0 Å². The largest absolute Gasteiger partial charge is 0.353 e. The molecule has 1 aliphatic heterocycles. The second-order valence-corrected chi connectivity index (χ2v) is 5.93. The minimum atomic E-state index is 0.129. The summed E-state index contributed by atoms with van der Waals surface area (Å²) in [5.41, 5.74) is 0. The molecular formula is C12H24N2OS. The van der Waals surface area contributed by atoms with Gasteiger partial charge >= 0.3 is 0 Å². The van der Waals surface area contributed by atoms with E-state index in [1.807, 2.05) is 11.8 Å². The van der Waals surface area contributed by atoms with Crippen molar-refractivity contribution in [3.8, 4) is 0 Å². The molecule has 0 radical (unpaired) electrons. The molecule has 1 heterocycles. The maximum Gasteiger partial charge on any atom is 0.234 e. The van der Waals surface area contributed by atoms with Gasteiger partial charge < -0.3 is 10.6 Å². The van der Waals surface area contributed by atoms with Gasteiger partial charge in [0.1, 0.15) is 0 Å². The van der Waals surface area contributed by atoms with Crippen LogP contribution in [0.15, 0.2) is 0 Å². The van der Waals surface area contributed by atoms with Crippen LogP contribution in [0.3, 0.4) is 0 Å². The number of carbonyl (C=O) groups excluding carboxylic acids is 1. The zero-order valence-electron chi connectivity index (χ0n) is 10.4. The molecule has 0 aromatic heterocycles. The van der Waals surface area contributed by atoms with Gasteiger partial charge in [-0.2, -0.15) is 11.8 Å². The third-order valence-corrected chi connectivity index (χ3v) is 4.21. The normalized spacial score (nSPS) is 22.0. The van der Waals surface area contributed by atoms with Crippen LogP contribution in [-0.2, 0) is 4.79 Å². The first kappa shape index (κ1) is 13.8. The third-order valence-electron chi connectivity index (χ3n) is 2.81. The first-order valence-corrected chi connectivity index (χ1v) is 7.39. The highest BCUT2D eigenvalue weighted by Gasteiger charge is 2.15. The third kappa shape index (κ3) is 5.75. The van der Waals surface area contributed by atoms with Gasteiger partial charge in [-0.05, 0) is 31.9 Å². The van der Waals surface area contributed by atoms with Gasteiger partial charge in [-0.3, -0.25) is 4.79 Å². The summed E-state index contributed by atoms with van der Waals surface area (Å²) in [6.45, 7) is 5.64. The number of carbonyl (C=O) groups is 1. The Hall–Kier alpha value is -0.220. The zero-order chi connectivity index (χ0) is 11.8. The Labute approximate surface area is 103 Å². The van der Waals surface area contributed by atoms with Crippen LogP contribution < -0.4 is 10.6 Å². The number of nitrogens with one attached hydrogen (secondary N) is 2. The topological polar surface area (TPSA) is 41.1 Å². The fourth-order valence-electron chi connectivity index (χ4n) is 1.98. The van der Waals surface area contributed by atoms with Crippen molar-refractivity contribution < 1.29 is 4.79 Å². The van der Waals surface area contributed by atoms with Crippen LogP contribution in [-0.4, -0.2) is 36.0 Å². The molecular weight excluding hydrogens is 220 g/mol. The SMILES string of the molecule is CCCC(C)NC(=O)CNCC1CCCS1. The molecule has 1 rings (SSSR count). The molecule has 2 N–H and O–H groups in total. The molecule has 1 fully saturated rings. The molecule has 94 valence electrons. The predicted octanol–water partition coefficient (Wildman–Crippen LogP) is 1.78. The van der Waals surface area contributed by atoms with Crippen molar-refractivity contribution in [1.29, 1.82) is 0 Å². The first-order valence-electron chi connectivity index (χ1n) is 6.34. The summed E-state index contributed by atoms with van der Waals surface area (Å²) in [4.78, 5) is 11.5. The van der Waals surface area contributed by atoms with Crippen molar-refractivity contribution in [1.82, 2.24) is 10.6 Å². The molecule has 3 nitrogen and oxygen atoms in total. The Morgan fingerprint density at radius 1 is 1.56 bits per heavy atom. The monoisotopic (exact) mass is 244 g/mol. The standard InChI is InChI=1S/C12H24N2OS/c1-3-5-10(2)14-12(15)9-13-8-11-6-4-7-16-11/h10-11,13H,3-9H2,1-2H3,(H,14,15). The molecule has 1 aliphatic rings. The second-order valence-electron chi connectivity index (χ2n) is 4.52. The van der Waals surface area contributed by atoms with Crippen LogP contribution in [0.1, 0.15) is 39.5 Å². The highest BCUT2D eigenvalue weighted by Crippen LogP contribution is 2.24. The van der Waals surface area contributed by atoms with Gasteiger partial charge in [0.25, 0.3) is 0 Å². The van der Waals surface area contributed by atoms with E-state index in [0.29, 0.717) is 12.6 Å². The number of rotatable bonds is 7. The van der Waals surface area contributed by atoms with Crippen molar-refractivity contribution >= 4 is 17.7 Å². The molecule has 2 unspecified atom stereocenters. The molecule has 2 atom stereocenters. The molecule has 0 aliphatic carbocycles. The number of hydrogen-bond donors (Lipinski definition) is 2. The van der Waals surface area contributed by atoms with Crippen molar-refractivity contribution in [3.05, 3.63) is 0 Å². The average Bonchev–Trinajstić information content (AvgIpc) is 2.70. The highest BCUT2D eigenvalue weighted by molar-refractivity contribution is 8.00. The lowest BCUT2D eigenvalue weighted by atomic mass is 10.2. The van der Waals surface area contributed by atoms with Crippen LogP contribution >= 0.6 is 11.8 Å². The molecule has 0 spiro atoms. The molecule has 0 bridgehead atoms. The van der Waals surface area contributed by atoms with Gasteiger partial charge in [0, 0.05) is 17.8 Å². The molecule has 0 aromatic rings. The highest BCUT2D eigenvalue weighted by atomic mass is 32.2. The molecule has 16 heavy (non-hydrogen) atoms. The van der Waals surface area contributed by atoms with Gasteiger partial charge in [-0.15, -0.1) is 0 Å². The molecule has 4 heteroatoms. The maximum atomic E-state index is 11.5. The lowest BCUT2D eigenvalue weighted by molar-refractivity contribution is -0.120. The van der Waals surface area contributed by atoms with Gasteiger partial charge in [0.2, 0.25) is 5.91 Å². The van der Waals surface area contributed by atoms with Gasteiger partial charge in [0.05, 0.1) is 6.54 Å². The molecule has 0 aromatic carbocycles. The van der Waals surface area contributed by atoms with Crippen molar-refractivity contribution in [2.45, 2.75) is 50.8 Å². The van der Waals surface area contributed by atoms with E-state index in [-0.39, 0.29) is 5.91 Å². The summed E-state index contributed by atoms with van der Waals surface area (Å²) >= 11 is 2.02. The van der Waals surface area contributed by atoms with E-state index in [1.54, 1.807) is 0 Å². The van der Waals surface area contributed by atoms with Gasteiger partial charge in [0.15, 0.2) is 0 Å². The molecule has 1 amide bonds. The number of thioether (sulfide) groups is 1. The molecule has 0 saturated carbocycles. The Kier molecular flexibility index (Phi) is 6.88. The van der Waals surface area contributed by atoms with E-state index in [0.717, 1.165) is 24.6 Å². The Morgan fingerprint density at radius 2 is 2.38 bits per heavy atom. The van der Waals surface area contributed by atoms with E-state index in [4.69, 9.17) is 0 Å². The van der Waals surface area contributed by atoms with E-state index in [2.05, 4.69) is 24.5 Å². The summed E-state index contributed by atoms with van der Waals surface area (Å²) in [7, 11) is 0. The van der Waals surface area contributed by atoms with Crippen LogP contribution in [0, 0.1) is 0 Å². The van der Waals surface area contributed by atoms with Crippen LogP contribution in [0.4, 0.5) is 0 Å². The lowest BCUT2D eigenvalue weighted by Gasteiger charge is -2.14. The summed E-state index contributed by atoms with van der Waals surface area (Å²) in [5.74, 6) is 1.41. The fourth-order valence-corrected chi connectivity index (χ4v) is 3.22. The van der Waals surface area contributed by atoms with Crippen LogP contribution in [0.2, 0.25) is 0 Å². The summed E-state index contributed by atoms with van der Waals surface area (Å²) in [6, 6.07) is 0.306. The lowest BCUT2D eigenvalue weighted by Crippen LogP contribution is -2.40. The smallest absolute Gasteiger partial charge is 0.234 e. The maximum absolute atomic E-state index is 11.5. The predicted molar refractivity (Wildman–Crippen MR) is 70.9 cm³/mol. The van der Waals surface area contributed by atoms with Crippen molar-refractivity contribution in [3.63, 3.8) is 0 Å². The Bertz CT molecular complexity index is 205. The van der Waals surface area contributed by atoms with E-state index >= 15 is 0 Å². The van der Waals surface area contributed by atoms with Gasteiger partial charge in [-0.1, -0.05) is 13.3 Å². The summed E-state index contributed by atoms with van der Waals surface area (Å²) in [5, 5.41) is 6.96. The Morgan fingerprint density at radius 3 is 3.00 bits per heavy atom. The van der Waals surface area contributed by atoms with Crippen LogP contribution in [0.25, 0.3) is 0 Å². The summed E-state index contributed by atoms with van der Waals surface area (Å²) in [6.07, 6.45) is 4.81. The van der Waals surface area contributed by atoms with Crippen molar-refractivity contribution in [2.24, 2.45) is 0 Å². The van der Waals surface area contributed by atoms with E-state index < -0.39 is 0 Å². The van der Waals surface area contributed by atoms with E-state index in [1.165, 1.54) is 18.6 Å². The molecule has 1 saturated heterocycles. The first-order chi connectivity index (χ1) is 7.72. The second kappa shape index (κ2) is 7.96. The van der Waals surface area contributed by atoms with E-state index in [9.17, 15) is 4.79 Å². The Balaban J connectivity index is 2.01. The average molecular weight is 244 g/mol.